The molecule has 1 aromatic carbocycles. The SMILES string of the molecule is CSc1nnc(C)c(=O)n1/N=C\c1c(C)[nH]c2ccccc12. The Morgan fingerprint density at radius 1 is 1.27 bits per heavy atom. The van der Waals surface area contributed by atoms with Gasteiger partial charge in [0.05, 0.1) is 6.21 Å². The smallest absolute Gasteiger partial charge is 0.296 e. The summed E-state index contributed by atoms with van der Waals surface area (Å²) < 4.78 is 1.29. The van der Waals surface area contributed by atoms with Crippen molar-refractivity contribution in [2.75, 3.05) is 6.26 Å². The Labute approximate surface area is 131 Å². The second-order valence-corrected chi connectivity index (χ2v) is 5.62. The van der Waals surface area contributed by atoms with Crippen LogP contribution in [0.4, 0.5) is 0 Å². The highest BCUT2D eigenvalue weighted by Gasteiger charge is 2.09. The van der Waals surface area contributed by atoms with Gasteiger partial charge in [0, 0.05) is 22.2 Å². The number of aromatic amines is 1. The fraction of sp³-hybridized carbons (Fsp3) is 0.200. The van der Waals surface area contributed by atoms with Gasteiger partial charge in [0.1, 0.15) is 5.69 Å². The number of hydrogen-bond donors (Lipinski definition) is 1. The molecular formula is C15H15N5OS. The molecule has 0 unspecified atom stereocenters. The van der Waals surface area contributed by atoms with Gasteiger partial charge in [-0.05, 0) is 26.2 Å². The average Bonchev–Trinajstić information content (AvgIpc) is 2.84. The first kappa shape index (κ1) is 14.5. The maximum atomic E-state index is 12.2. The van der Waals surface area contributed by atoms with E-state index in [0.29, 0.717) is 10.9 Å². The molecule has 6 nitrogen and oxygen atoms in total. The van der Waals surface area contributed by atoms with Gasteiger partial charge in [0.2, 0.25) is 5.16 Å². The summed E-state index contributed by atoms with van der Waals surface area (Å²) in [6.45, 7) is 3.61. The van der Waals surface area contributed by atoms with Crippen molar-refractivity contribution in [3.05, 3.63) is 51.6 Å². The van der Waals surface area contributed by atoms with Gasteiger partial charge in [-0.1, -0.05) is 30.0 Å². The number of hydrogen-bond acceptors (Lipinski definition) is 5. The van der Waals surface area contributed by atoms with E-state index >= 15 is 0 Å². The summed E-state index contributed by atoms with van der Waals surface area (Å²) >= 11 is 1.33. The quantitative estimate of drug-likeness (QED) is 0.595. The highest BCUT2D eigenvalue weighted by Crippen LogP contribution is 2.20. The number of aryl methyl sites for hydroxylation is 2. The largest absolute Gasteiger partial charge is 0.358 e. The fourth-order valence-electron chi connectivity index (χ4n) is 2.25. The standard InChI is InChI=1S/C15H15N5OS/c1-9-12(11-6-4-5-7-13(11)17-9)8-16-20-14(21)10(2)18-19-15(20)22-3/h4-8,17H,1-3H3/b16-8-. The summed E-state index contributed by atoms with van der Waals surface area (Å²) in [6.07, 6.45) is 3.53. The van der Waals surface area contributed by atoms with Crippen LogP contribution < -0.4 is 5.56 Å². The van der Waals surface area contributed by atoms with Gasteiger partial charge in [-0.2, -0.15) is 9.78 Å². The number of H-pyrrole nitrogens is 1. The molecule has 3 aromatic rings. The predicted octanol–water partition coefficient (Wildman–Crippen LogP) is 2.34. The number of thioether (sulfide) groups is 1. The average molecular weight is 313 g/mol. The molecule has 0 spiro atoms. The summed E-state index contributed by atoms with van der Waals surface area (Å²) in [5, 5.41) is 13.7. The third kappa shape index (κ3) is 2.43. The third-order valence-corrected chi connectivity index (χ3v) is 4.02. The van der Waals surface area contributed by atoms with Gasteiger partial charge >= 0.3 is 0 Å². The van der Waals surface area contributed by atoms with Gasteiger partial charge in [0.25, 0.3) is 5.56 Å². The molecule has 0 fully saturated rings. The molecule has 0 radical (unpaired) electrons. The van der Waals surface area contributed by atoms with Crippen molar-refractivity contribution in [3.63, 3.8) is 0 Å². The van der Waals surface area contributed by atoms with Crippen molar-refractivity contribution in [3.8, 4) is 0 Å². The minimum atomic E-state index is -0.256. The van der Waals surface area contributed by atoms with E-state index in [0.717, 1.165) is 22.2 Å². The van der Waals surface area contributed by atoms with Crippen LogP contribution in [-0.4, -0.2) is 32.3 Å². The van der Waals surface area contributed by atoms with Gasteiger partial charge in [-0.15, -0.1) is 10.2 Å². The number of benzene rings is 1. The Balaban J connectivity index is 2.13. The zero-order valence-corrected chi connectivity index (χ0v) is 13.3. The summed E-state index contributed by atoms with van der Waals surface area (Å²) in [5.41, 5.74) is 3.08. The fourth-order valence-corrected chi connectivity index (χ4v) is 2.68. The van der Waals surface area contributed by atoms with E-state index in [-0.39, 0.29) is 5.56 Å². The lowest BCUT2D eigenvalue weighted by atomic mass is 10.1. The van der Waals surface area contributed by atoms with E-state index in [4.69, 9.17) is 0 Å². The number of nitrogens with one attached hydrogen (secondary N) is 1. The number of para-hydroxylation sites is 1. The molecule has 2 aromatic heterocycles. The van der Waals surface area contributed by atoms with Crippen molar-refractivity contribution in [2.24, 2.45) is 5.10 Å². The number of aromatic nitrogens is 4. The van der Waals surface area contributed by atoms with Crippen LogP contribution in [0.25, 0.3) is 10.9 Å². The first-order chi connectivity index (χ1) is 10.6. The predicted molar refractivity (Wildman–Crippen MR) is 88.8 cm³/mol. The molecule has 0 aliphatic carbocycles. The van der Waals surface area contributed by atoms with E-state index in [1.807, 2.05) is 37.4 Å². The zero-order valence-electron chi connectivity index (χ0n) is 12.5. The second kappa shape index (κ2) is 5.76. The Morgan fingerprint density at radius 3 is 2.82 bits per heavy atom. The number of rotatable bonds is 3. The molecule has 1 N–H and O–H groups in total. The van der Waals surface area contributed by atoms with Crippen LogP contribution in [0, 0.1) is 13.8 Å². The lowest BCUT2D eigenvalue weighted by Crippen LogP contribution is -2.23. The summed E-state index contributed by atoms with van der Waals surface area (Å²) in [7, 11) is 0. The number of fused-ring (bicyclic) bond motifs is 1. The van der Waals surface area contributed by atoms with Crippen LogP contribution in [-0.2, 0) is 0 Å². The Hall–Kier alpha value is -2.41. The van der Waals surface area contributed by atoms with Gasteiger partial charge in [0.15, 0.2) is 0 Å². The van der Waals surface area contributed by atoms with E-state index in [2.05, 4.69) is 20.3 Å². The minimum Gasteiger partial charge on any atom is -0.358 e. The van der Waals surface area contributed by atoms with Crippen LogP contribution in [0.3, 0.4) is 0 Å². The molecule has 112 valence electrons. The van der Waals surface area contributed by atoms with Crippen molar-refractivity contribution < 1.29 is 0 Å². The molecule has 0 aliphatic heterocycles. The summed E-state index contributed by atoms with van der Waals surface area (Å²) in [5.74, 6) is 0. The Morgan fingerprint density at radius 2 is 2.05 bits per heavy atom. The highest BCUT2D eigenvalue weighted by molar-refractivity contribution is 7.98. The van der Waals surface area contributed by atoms with Gasteiger partial charge in [-0.3, -0.25) is 4.79 Å². The van der Waals surface area contributed by atoms with Gasteiger partial charge < -0.3 is 4.98 Å². The molecular weight excluding hydrogens is 298 g/mol. The Kier molecular flexibility index (Phi) is 3.81. The van der Waals surface area contributed by atoms with Crippen molar-refractivity contribution in [2.45, 2.75) is 19.0 Å². The van der Waals surface area contributed by atoms with Crippen LogP contribution in [0.5, 0.6) is 0 Å². The van der Waals surface area contributed by atoms with E-state index in [1.165, 1.54) is 16.4 Å². The minimum absolute atomic E-state index is 0.256. The molecule has 2 heterocycles. The zero-order chi connectivity index (χ0) is 15.7. The van der Waals surface area contributed by atoms with Crippen molar-refractivity contribution in [1.29, 1.82) is 0 Å². The molecule has 0 aliphatic rings. The first-order valence-electron chi connectivity index (χ1n) is 6.74. The van der Waals surface area contributed by atoms with Crippen LogP contribution in [0.2, 0.25) is 0 Å². The van der Waals surface area contributed by atoms with Crippen molar-refractivity contribution in [1.82, 2.24) is 19.9 Å². The van der Waals surface area contributed by atoms with E-state index in [9.17, 15) is 4.79 Å². The highest BCUT2D eigenvalue weighted by atomic mass is 32.2. The maximum absolute atomic E-state index is 12.2. The number of nitrogens with zero attached hydrogens (tertiary/aromatic N) is 4. The van der Waals surface area contributed by atoms with Crippen LogP contribution in [0.15, 0.2) is 39.3 Å². The molecule has 22 heavy (non-hydrogen) atoms. The molecule has 0 atom stereocenters. The topological polar surface area (TPSA) is 75.9 Å². The maximum Gasteiger partial charge on any atom is 0.296 e. The van der Waals surface area contributed by atoms with Crippen molar-refractivity contribution >= 4 is 28.9 Å². The summed E-state index contributed by atoms with van der Waals surface area (Å²) in [4.78, 5) is 15.5. The van der Waals surface area contributed by atoms with Crippen LogP contribution in [0.1, 0.15) is 17.0 Å². The molecule has 7 heteroatoms. The first-order valence-corrected chi connectivity index (χ1v) is 7.96. The molecule has 0 saturated carbocycles. The lowest BCUT2D eigenvalue weighted by molar-refractivity contribution is 0.635. The Bertz CT molecular complexity index is 925. The molecule has 0 amide bonds. The van der Waals surface area contributed by atoms with E-state index in [1.54, 1.807) is 13.1 Å². The molecule has 3 rings (SSSR count). The van der Waals surface area contributed by atoms with Gasteiger partial charge in [-0.25, -0.2) is 0 Å². The normalized spacial score (nSPS) is 11.6. The second-order valence-electron chi connectivity index (χ2n) is 4.84. The van der Waals surface area contributed by atoms with Crippen LogP contribution >= 0.6 is 11.8 Å². The molecule has 0 saturated heterocycles. The lowest BCUT2D eigenvalue weighted by Gasteiger charge is -2.03. The molecule has 0 bridgehead atoms. The van der Waals surface area contributed by atoms with E-state index < -0.39 is 0 Å². The summed E-state index contributed by atoms with van der Waals surface area (Å²) in [6, 6.07) is 7.99. The third-order valence-electron chi connectivity index (χ3n) is 3.40. The monoisotopic (exact) mass is 313 g/mol.